The predicted molar refractivity (Wildman–Crippen MR) is 116 cm³/mol. The molecule has 32 heavy (non-hydrogen) atoms. The molecule has 1 unspecified atom stereocenters. The molecule has 0 saturated carbocycles. The molecule has 1 aromatic heterocycles. The maximum Gasteiger partial charge on any atom is 0.249 e. The molecule has 1 aliphatic heterocycles. The molecule has 0 N–H and O–H groups in total. The lowest BCUT2D eigenvalue weighted by Crippen LogP contribution is -2.28. The van der Waals surface area contributed by atoms with Gasteiger partial charge in [-0.1, -0.05) is 22.8 Å². The van der Waals surface area contributed by atoms with Crippen molar-refractivity contribution >= 4 is 17.5 Å². The first-order chi connectivity index (χ1) is 15.4. The average molecular weight is 460 g/mol. The fraction of sp³-hybridized carbons (Fsp3) is 0.348. The van der Waals surface area contributed by atoms with E-state index < -0.39 is 11.9 Å². The van der Waals surface area contributed by atoms with Gasteiger partial charge in [-0.05, 0) is 50.6 Å². The highest BCUT2D eigenvalue weighted by Gasteiger charge is 2.36. The van der Waals surface area contributed by atoms with Crippen molar-refractivity contribution in [1.29, 1.82) is 0 Å². The zero-order valence-corrected chi connectivity index (χ0v) is 18.7. The van der Waals surface area contributed by atoms with Gasteiger partial charge in [0.25, 0.3) is 0 Å². The zero-order chi connectivity index (χ0) is 22.8. The van der Waals surface area contributed by atoms with Crippen LogP contribution in [-0.4, -0.2) is 34.2 Å². The first-order valence-electron chi connectivity index (χ1n) is 10.3. The molecule has 3 aromatic rings. The molecule has 4 rings (SSSR count). The summed E-state index contributed by atoms with van der Waals surface area (Å²) in [5, 5.41) is 4.35. The molecule has 1 saturated heterocycles. The molecule has 0 radical (unpaired) electrons. The summed E-state index contributed by atoms with van der Waals surface area (Å²) in [4.78, 5) is 18.5. The van der Waals surface area contributed by atoms with Gasteiger partial charge in [0.2, 0.25) is 17.6 Å². The van der Waals surface area contributed by atoms with Crippen LogP contribution in [0.5, 0.6) is 11.5 Å². The second kappa shape index (κ2) is 9.16. The highest BCUT2D eigenvalue weighted by molar-refractivity contribution is 6.31. The summed E-state index contributed by atoms with van der Waals surface area (Å²) in [6.07, 6.45) is 0.806. The Balaban J connectivity index is 1.59. The fourth-order valence-electron chi connectivity index (χ4n) is 3.69. The van der Waals surface area contributed by atoms with E-state index in [1.807, 2.05) is 19.9 Å². The number of carbonyl (C=O) groups is 1. The minimum Gasteiger partial charge on any atom is -0.493 e. The highest BCUT2D eigenvalue weighted by atomic mass is 35.5. The van der Waals surface area contributed by atoms with Crippen LogP contribution in [0.1, 0.15) is 44.2 Å². The van der Waals surface area contributed by atoms with Gasteiger partial charge >= 0.3 is 0 Å². The highest BCUT2D eigenvalue weighted by Crippen LogP contribution is 2.37. The van der Waals surface area contributed by atoms with Gasteiger partial charge in [-0.3, -0.25) is 4.79 Å². The van der Waals surface area contributed by atoms with Crippen LogP contribution in [-0.2, 0) is 11.3 Å². The SMILES string of the molecule is COc1cc(-c2noc(C3CCC(=O)N3Cc3c(F)cccc3Cl)n2)ccc1OC(C)C. The van der Waals surface area contributed by atoms with Crippen molar-refractivity contribution in [3.63, 3.8) is 0 Å². The molecule has 1 fully saturated rings. The van der Waals surface area contributed by atoms with Gasteiger partial charge in [0, 0.05) is 22.6 Å². The largest absolute Gasteiger partial charge is 0.493 e. The van der Waals surface area contributed by atoms with Gasteiger partial charge in [-0.15, -0.1) is 0 Å². The predicted octanol–water partition coefficient (Wildman–Crippen LogP) is 5.19. The van der Waals surface area contributed by atoms with E-state index in [2.05, 4.69) is 10.1 Å². The maximum atomic E-state index is 14.3. The number of likely N-dealkylation sites (tertiary alicyclic amines) is 1. The Kier molecular flexibility index (Phi) is 6.32. The summed E-state index contributed by atoms with van der Waals surface area (Å²) in [5.74, 6) is 1.24. The summed E-state index contributed by atoms with van der Waals surface area (Å²) in [5.41, 5.74) is 0.945. The second-order valence-corrected chi connectivity index (χ2v) is 8.17. The van der Waals surface area contributed by atoms with Crippen LogP contribution in [0.4, 0.5) is 4.39 Å². The number of amides is 1. The molecule has 0 spiro atoms. The first kappa shape index (κ1) is 22.1. The molecule has 1 amide bonds. The van der Waals surface area contributed by atoms with Crippen molar-refractivity contribution in [2.45, 2.75) is 45.4 Å². The Labute approximate surface area is 190 Å². The van der Waals surface area contributed by atoms with Crippen molar-refractivity contribution < 1.29 is 23.2 Å². The van der Waals surface area contributed by atoms with Crippen molar-refractivity contribution in [3.8, 4) is 22.9 Å². The van der Waals surface area contributed by atoms with Gasteiger partial charge in [0.15, 0.2) is 11.5 Å². The molecule has 2 heterocycles. The Hall–Kier alpha value is -3.13. The monoisotopic (exact) mass is 459 g/mol. The number of rotatable bonds is 7. The molecule has 1 atom stereocenters. The van der Waals surface area contributed by atoms with E-state index >= 15 is 0 Å². The van der Waals surface area contributed by atoms with Crippen LogP contribution in [0.3, 0.4) is 0 Å². The summed E-state index contributed by atoms with van der Waals surface area (Å²) >= 11 is 6.15. The number of hydrogen-bond donors (Lipinski definition) is 0. The Morgan fingerprint density at radius 2 is 2.09 bits per heavy atom. The van der Waals surface area contributed by atoms with E-state index in [9.17, 15) is 9.18 Å². The number of methoxy groups -OCH3 is 1. The normalized spacial score (nSPS) is 16.1. The van der Waals surface area contributed by atoms with E-state index in [0.29, 0.717) is 41.6 Å². The molecular weight excluding hydrogens is 437 g/mol. The van der Waals surface area contributed by atoms with Gasteiger partial charge in [0.1, 0.15) is 11.9 Å². The number of halogens is 2. The molecule has 2 aromatic carbocycles. The topological polar surface area (TPSA) is 77.7 Å². The zero-order valence-electron chi connectivity index (χ0n) is 18.0. The average Bonchev–Trinajstić information content (AvgIpc) is 3.38. The summed E-state index contributed by atoms with van der Waals surface area (Å²) in [6.45, 7) is 3.89. The number of carbonyl (C=O) groups excluding carboxylic acids is 1. The first-order valence-corrected chi connectivity index (χ1v) is 10.7. The van der Waals surface area contributed by atoms with E-state index in [0.717, 1.165) is 0 Å². The molecule has 168 valence electrons. The minimum atomic E-state index is -0.460. The van der Waals surface area contributed by atoms with Crippen LogP contribution in [0.25, 0.3) is 11.4 Å². The number of hydrogen-bond acceptors (Lipinski definition) is 6. The number of benzene rings is 2. The fourth-order valence-corrected chi connectivity index (χ4v) is 3.91. The summed E-state index contributed by atoms with van der Waals surface area (Å²) < 4.78 is 30.9. The lowest BCUT2D eigenvalue weighted by atomic mass is 10.1. The molecular formula is C23H23ClFN3O4. The van der Waals surface area contributed by atoms with Gasteiger partial charge < -0.3 is 18.9 Å². The van der Waals surface area contributed by atoms with Crippen molar-refractivity contribution in [2.24, 2.45) is 0 Å². The Bertz CT molecular complexity index is 1110. The van der Waals surface area contributed by atoms with Gasteiger partial charge in [-0.25, -0.2) is 4.39 Å². The number of aromatic nitrogens is 2. The van der Waals surface area contributed by atoms with Crippen LogP contribution in [0.15, 0.2) is 40.9 Å². The van der Waals surface area contributed by atoms with E-state index in [-0.39, 0.29) is 29.1 Å². The number of ether oxygens (including phenoxy) is 2. The Morgan fingerprint density at radius 1 is 1.28 bits per heavy atom. The third-order valence-corrected chi connectivity index (χ3v) is 5.58. The summed E-state index contributed by atoms with van der Waals surface area (Å²) in [7, 11) is 1.56. The third kappa shape index (κ3) is 4.41. The lowest BCUT2D eigenvalue weighted by molar-refractivity contribution is -0.130. The van der Waals surface area contributed by atoms with Crippen molar-refractivity contribution in [3.05, 3.63) is 58.7 Å². The maximum absolute atomic E-state index is 14.3. The van der Waals surface area contributed by atoms with Crippen molar-refractivity contribution in [2.75, 3.05) is 7.11 Å². The van der Waals surface area contributed by atoms with E-state index in [4.69, 9.17) is 25.6 Å². The number of nitrogens with zero attached hydrogens (tertiary/aromatic N) is 3. The molecule has 0 aliphatic carbocycles. The second-order valence-electron chi connectivity index (χ2n) is 7.76. The molecule has 1 aliphatic rings. The minimum absolute atomic E-state index is 0.000342. The lowest BCUT2D eigenvalue weighted by Gasteiger charge is -2.22. The van der Waals surface area contributed by atoms with E-state index in [1.165, 1.54) is 17.0 Å². The van der Waals surface area contributed by atoms with Crippen molar-refractivity contribution in [1.82, 2.24) is 15.0 Å². The molecule has 0 bridgehead atoms. The van der Waals surface area contributed by atoms with Crippen LogP contribution in [0, 0.1) is 5.82 Å². The quantitative estimate of drug-likeness (QED) is 0.484. The third-order valence-electron chi connectivity index (χ3n) is 5.23. The van der Waals surface area contributed by atoms with Gasteiger partial charge in [-0.2, -0.15) is 4.98 Å². The standard InChI is InChI=1S/C23H23ClFN3O4/c1-13(2)31-19-9-7-14(11-20(19)30-3)22-26-23(32-27-22)18-8-10-21(29)28(18)12-15-16(24)5-4-6-17(15)25/h4-7,9,11,13,18H,8,10,12H2,1-3H3. The van der Waals surface area contributed by atoms with Crippen LogP contribution >= 0.6 is 11.6 Å². The van der Waals surface area contributed by atoms with Crippen LogP contribution < -0.4 is 9.47 Å². The smallest absolute Gasteiger partial charge is 0.249 e. The van der Waals surface area contributed by atoms with Gasteiger partial charge in [0.05, 0.1) is 19.8 Å². The van der Waals surface area contributed by atoms with Crippen LogP contribution in [0.2, 0.25) is 5.02 Å². The summed E-state index contributed by atoms with van der Waals surface area (Å²) in [6, 6.07) is 9.36. The molecule has 7 nitrogen and oxygen atoms in total. The Morgan fingerprint density at radius 3 is 2.81 bits per heavy atom. The molecule has 9 heteroatoms. The van der Waals surface area contributed by atoms with E-state index in [1.54, 1.807) is 25.3 Å².